The van der Waals surface area contributed by atoms with Gasteiger partial charge in [0, 0.05) is 0 Å². The first-order valence-corrected chi connectivity index (χ1v) is 7.92. The Balaban J connectivity index is 2.24. The summed E-state index contributed by atoms with van der Waals surface area (Å²) in [5.41, 5.74) is 3.76. The summed E-state index contributed by atoms with van der Waals surface area (Å²) in [5.74, 6) is 0.686. The highest BCUT2D eigenvalue weighted by Crippen LogP contribution is 2.29. The second-order valence-electron chi connectivity index (χ2n) is 6.26. The highest BCUT2D eigenvalue weighted by atomic mass is 16.5. The summed E-state index contributed by atoms with van der Waals surface area (Å²) >= 11 is 0. The maximum atomic E-state index is 11.1. The third kappa shape index (κ3) is 4.13. The zero-order valence-corrected chi connectivity index (χ0v) is 14.2. The lowest BCUT2D eigenvalue weighted by Crippen LogP contribution is -2.04. The zero-order valence-electron chi connectivity index (χ0n) is 14.2. The highest BCUT2D eigenvalue weighted by Gasteiger charge is 2.13. The number of hydrogen-bond acceptors (Lipinski definition) is 2. The van der Waals surface area contributed by atoms with E-state index in [4.69, 9.17) is 9.84 Å². The molecule has 3 nitrogen and oxygen atoms in total. The van der Waals surface area contributed by atoms with Gasteiger partial charge in [0.25, 0.3) is 0 Å². The molecular weight excluding hydrogens is 288 g/mol. The van der Waals surface area contributed by atoms with E-state index in [9.17, 15) is 4.79 Å². The molecule has 0 aliphatic carbocycles. The van der Waals surface area contributed by atoms with Gasteiger partial charge >= 0.3 is 5.97 Å². The number of benzene rings is 2. The minimum Gasteiger partial charge on any atom is -0.496 e. The molecule has 0 spiro atoms. The van der Waals surface area contributed by atoms with E-state index in [-0.39, 0.29) is 5.92 Å². The van der Waals surface area contributed by atoms with E-state index in [1.165, 1.54) is 5.56 Å². The van der Waals surface area contributed by atoms with E-state index in [1.54, 1.807) is 25.3 Å². The van der Waals surface area contributed by atoms with E-state index < -0.39 is 5.97 Å². The molecule has 0 saturated carbocycles. The van der Waals surface area contributed by atoms with Crippen molar-refractivity contribution in [1.82, 2.24) is 0 Å². The molecule has 2 aromatic carbocycles. The van der Waals surface area contributed by atoms with E-state index >= 15 is 0 Å². The molecule has 0 aliphatic heterocycles. The van der Waals surface area contributed by atoms with Crippen molar-refractivity contribution in [3.05, 3.63) is 64.7 Å². The van der Waals surface area contributed by atoms with Crippen LogP contribution in [0.4, 0.5) is 0 Å². The van der Waals surface area contributed by atoms with Crippen LogP contribution >= 0.6 is 0 Å². The minimum atomic E-state index is -0.891. The van der Waals surface area contributed by atoms with Crippen LogP contribution in [0.25, 0.3) is 0 Å². The quantitative estimate of drug-likeness (QED) is 0.828. The molecule has 2 aromatic rings. The molecule has 0 amide bonds. The normalized spacial score (nSPS) is 12.2. The Labute approximate surface area is 137 Å². The molecule has 2 rings (SSSR count). The van der Waals surface area contributed by atoms with Crippen molar-refractivity contribution in [1.29, 1.82) is 0 Å². The third-order valence-corrected chi connectivity index (χ3v) is 4.21. The fraction of sp³-hybridized carbons (Fsp3) is 0.350. The van der Waals surface area contributed by atoms with Gasteiger partial charge in [-0.25, -0.2) is 4.79 Å². The molecule has 23 heavy (non-hydrogen) atoms. The maximum absolute atomic E-state index is 11.1. The average Bonchev–Trinajstić information content (AvgIpc) is 2.55. The van der Waals surface area contributed by atoms with Crippen LogP contribution < -0.4 is 4.74 Å². The second kappa shape index (κ2) is 7.32. The Morgan fingerprint density at radius 2 is 1.83 bits per heavy atom. The first kappa shape index (κ1) is 17.1. The largest absolute Gasteiger partial charge is 0.496 e. The number of methoxy groups -OCH3 is 1. The predicted molar refractivity (Wildman–Crippen MR) is 92.6 cm³/mol. The number of carboxylic acid groups (broad SMARTS) is 1. The van der Waals surface area contributed by atoms with Crippen LogP contribution in [0, 0.1) is 0 Å². The number of rotatable bonds is 6. The van der Waals surface area contributed by atoms with Gasteiger partial charge in [-0.1, -0.05) is 45.0 Å². The van der Waals surface area contributed by atoms with Crippen molar-refractivity contribution in [2.45, 2.75) is 39.0 Å². The van der Waals surface area contributed by atoms with E-state index in [2.05, 4.69) is 39.0 Å². The number of aromatic carboxylic acids is 1. The monoisotopic (exact) mass is 312 g/mol. The lowest BCUT2D eigenvalue weighted by molar-refractivity contribution is 0.0696. The fourth-order valence-corrected chi connectivity index (χ4v) is 2.71. The number of hydrogen-bond donors (Lipinski definition) is 1. The summed E-state index contributed by atoms with van der Waals surface area (Å²) in [4.78, 5) is 11.1. The van der Waals surface area contributed by atoms with Gasteiger partial charge in [-0.3, -0.25) is 0 Å². The van der Waals surface area contributed by atoms with Gasteiger partial charge in [0.1, 0.15) is 5.75 Å². The van der Waals surface area contributed by atoms with E-state index in [0.717, 1.165) is 23.3 Å². The molecule has 0 aliphatic rings. The summed E-state index contributed by atoms with van der Waals surface area (Å²) in [6, 6.07) is 13.5. The fourth-order valence-electron chi connectivity index (χ4n) is 2.71. The van der Waals surface area contributed by atoms with E-state index in [1.807, 2.05) is 6.07 Å². The lowest BCUT2D eigenvalue weighted by atomic mass is 9.91. The smallest absolute Gasteiger partial charge is 0.335 e. The number of ether oxygens (including phenoxy) is 1. The van der Waals surface area contributed by atoms with Crippen molar-refractivity contribution in [3.8, 4) is 5.75 Å². The van der Waals surface area contributed by atoms with Crippen LogP contribution in [0.5, 0.6) is 5.75 Å². The van der Waals surface area contributed by atoms with Crippen LogP contribution in [0.3, 0.4) is 0 Å². The summed E-state index contributed by atoms with van der Waals surface area (Å²) in [6.45, 7) is 6.43. The number of carbonyl (C=O) groups is 1. The van der Waals surface area contributed by atoms with Crippen LogP contribution in [-0.2, 0) is 6.42 Å². The van der Waals surface area contributed by atoms with Gasteiger partial charge in [0.05, 0.1) is 12.7 Å². The standard InChI is InChI=1S/C20H24O3/c1-13(2)15-8-9-17(19(12-15)23-4)10-14(3)16-6-5-7-18(11-16)20(21)22/h5-9,11-14H,10H2,1-4H3,(H,21,22). The Kier molecular flexibility index (Phi) is 5.43. The SMILES string of the molecule is COc1cc(C(C)C)ccc1CC(C)c1cccc(C(=O)O)c1. The molecule has 122 valence electrons. The predicted octanol–water partition coefficient (Wildman–Crippen LogP) is 4.86. The van der Waals surface area contributed by atoms with Crippen molar-refractivity contribution in [2.75, 3.05) is 7.11 Å². The first-order chi connectivity index (χ1) is 10.9. The molecule has 0 heterocycles. The zero-order chi connectivity index (χ0) is 17.0. The Bertz CT molecular complexity index is 689. The first-order valence-electron chi connectivity index (χ1n) is 7.92. The van der Waals surface area contributed by atoms with Gasteiger partial charge in [0.15, 0.2) is 0 Å². The molecule has 0 aromatic heterocycles. The average molecular weight is 312 g/mol. The second-order valence-corrected chi connectivity index (χ2v) is 6.26. The summed E-state index contributed by atoms with van der Waals surface area (Å²) < 4.78 is 5.54. The highest BCUT2D eigenvalue weighted by molar-refractivity contribution is 5.87. The number of carboxylic acids is 1. The summed E-state index contributed by atoms with van der Waals surface area (Å²) in [7, 11) is 1.69. The van der Waals surface area contributed by atoms with Crippen molar-refractivity contribution in [3.63, 3.8) is 0 Å². The third-order valence-electron chi connectivity index (χ3n) is 4.21. The van der Waals surface area contributed by atoms with Gasteiger partial charge < -0.3 is 9.84 Å². The van der Waals surface area contributed by atoms with Crippen LogP contribution in [0.15, 0.2) is 42.5 Å². The lowest BCUT2D eigenvalue weighted by Gasteiger charge is -2.17. The summed E-state index contributed by atoms with van der Waals surface area (Å²) in [5, 5.41) is 9.13. The molecule has 0 radical (unpaired) electrons. The molecular formula is C20H24O3. The maximum Gasteiger partial charge on any atom is 0.335 e. The van der Waals surface area contributed by atoms with Gasteiger partial charge in [-0.15, -0.1) is 0 Å². The molecule has 1 unspecified atom stereocenters. The van der Waals surface area contributed by atoms with Gasteiger partial charge in [-0.2, -0.15) is 0 Å². The Hall–Kier alpha value is -2.29. The molecule has 3 heteroatoms. The molecule has 0 saturated heterocycles. The van der Waals surface area contributed by atoms with Crippen LogP contribution in [0.1, 0.15) is 59.7 Å². The Morgan fingerprint density at radius 3 is 2.43 bits per heavy atom. The molecule has 1 atom stereocenters. The Morgan fingerprint density at radius 1 is 1.09 bits per heavy atom. The molecule has 0 fully saturated rings. The van der Waals surface area contributed by atoms with Crippen LogP contribution in [-0.4, -0.2) is 18.2 Å². The molecule has 1 N–H and O–H groups in total. The summed E-state index contributed by atoms with van der Waals surface area (Å²) in [6.07, 6.45) is 0.810. The van der Waals surface area contributed by atoms with Gasteiger partial charge in [-0.05, 0) is 53.1 Å². The van der Waals surface area contributed by atoms with Crippen molar-refractivity contribution in [2.24, 2.45) is 0 Å². The molecule has 0 bridgehead atoms. The van der Waals surface area contributed by atoms with Crippen LogP contribution in [0.2, 0.25) is 0 Å². The van der Waals surface area contributed by atoms with E-state index in [0.29, 0.717) is 11.5 Å². The minimum absolute atomic E-state index is 0.216. The van der Waals surface area contributed by atoms with Gasteiger partial charge in [0.2, 0.25) is 0 Å². The van der Waals surface area contributed by atoms with Crippen molar-refractivity contribution >= 4 is 5.97 Å². The van der Waals surface area contributed by atoms with Crippen molar-refractivity contribution < 1.29 is 14.6 Å². The topological polar surface area (TPSA) is 46.5 Å².